The first-order valence-corrected chi connectivity index (χ1v) is 5.81. The van der Waals surface area contributed by atoms with Crippen molar-refractivity contribution in [2.75, 3.05) is 5.43 Å². The van der Waals surface area contributed by atoms with E-state index < -0.39 is 0 Å². The Bertz CT molecular complexity index is 577. The number of aromatic amines is 1. The van der Waals surface area contributed by atoms with Crippen LogP contribution < -0.4 is 16.8 Å². The molecule has 1 aromatic heterocycles. The quantitative estimate of drug-likeness (QED) is 0.556. The Balaban J connectivity index is 2.17. The molecule has 18 heavy (non-hydrogen) atoms. The van der Waals surface area contributed by atoms with Crippen LogP contribution >= 0.6 is 0 Å². The molecule has 0 saturated heterocycles. The monoisotopic (exact) mass is 244 g/mol. The largest absolute Gasteiger partial charge is 0.294 e. The average Bonchev–Trinajstić information content (AvgIpc) is 2.38. The number of aryl methyl sites for hydroxylation is 2. The van der Waals surface area contributed by atoms with Crippen molar-refractivity contribution in [3.8, 4) is 0 Å². The molecule has 0 bridgehead atoms. The lowest BCUT2D eigenvalue weighted by Gasteiger charge is -2.06. The Morgan fingerprint density at radius 3 is 2.61 bits per heavy atom. The molecular formula is C13H16N4O. The summed E-state index contributed by atoms with van der Waals surface area (Å²) >= 11 is 0. The highest BCUT2D eigenvalue weighted by Crippen LogP contribution is 2.07. The Labute approximate surface area is 105 Å². The molecule has 94 valence electrons. The van der Waals surface area contributed by atoms with Crippen LogP contribution in [0.1, 0.15) is 16.8 Å². The van der Waals surface area contributed by atoms with E-state index >= 15 is 0 Å². The van der Waals surface area contributed by atoms with Gasteiger partial charge in [-0.1, -0.05) is 30.3 Å². The Hall–Kier alpha value is -2.14. The number of rotatable bonds is 4. The number of nitrogens with one attached hydrogen (secondary N) is 2. The van der Waals surface area contributed by atoms with Crippen molar-refractivity contribution < 1.29 is 0 Å². The number of hydrazine groups is 1. The second-order valence-electron chi connectivity index (χ2n) is 4.11. The SMILES string of the molecule is Cc1nc(NN)[nH]c(=O)c1CCc1ccccc1. The summed E-state index contributed by atoms with van der Waals surface area (Å²) in [7, 11) is 0. The van der Waals surface area contributed by atoms with Crippen LogP contribution in [0.3, 0.4) is 0 Å². The minimum absolute atomic E-state index is 0.133. The summed E-state index contributed by atoms with van der Waals surface area (Å²) in [6, 6.07) is 10.1. The summed E-state index contributed by atoms with van der Waals surface area (Å²) in [5, 5.41) is 0. The summed E-state index contributed by atoms with van der Waals surface area (Å²) in [4.78, 5) is 18.6. The van der Waals surface area contributed by atoms with E-state index in [1.165, 1.54) is 5.56 Å². The van der Waals surface area contributed by atoms with Gasteiger partial charge in [-0.3, -0.25) is 15.2 Å². The van der Waals surface area contributed by atoms with Crippen molar-refractivity contribution in [2.45, 2.75) is 19.8 Å². The van der Waals surface area contributed by atoms with Gasteiger partial charge in [0.1, 0.15) is 0 Å². The molecule has 0 aliphatic heterocycles. The average molecular weight is 244 g/mol. The van der Waals surface area contributed by atoms with Gasteiger partial charge in [-0.2, -0.15) is 0 Å². The molecule has 0 aliphatic carbocycles. The third-order valence-corrected chi connectivity index (χ3v) is 2.87. The van der Waals surface area contributed by atoms with Gasteiger partial charge in [0.15, 0.2) is 0 Å². The summed E-state index contributed by atoms with van der Waals surface area (Å²) in [6.07, 6.45) is 1.49. The van der Waals surface area contributed by atoms with Crippen LogP contribution in [0, 0.1) is 6.92 Å². The van der Waals surface area contributed by atoms with Crippen molar-refractivity contribution in [3.63, 3.8) is 0 Å². The van der Waals surface area contributed by atoms with Gasteiger partial charge in [-0.15, -0.1) is 0 Å². The molecular weight excluding hydrogens is 228 g/mol. The maximum Gasteiger partial charge on any atom is 0.255 e. The van der Waals surface area contributed by atoms with Crippen LogP contribution in [0.5, 0.6) is 0 Å². The third kappa shape index (κ3) is 2.75. The Morgan fingerprint density at radius 1 is 1.28 bits per heavy atom. The summed E-state index contributed by atoms with van der Waals surface area (Å²) in [6.45, 7) is 1.82. The summed E-state index contributed by atoms with van der Waals surface area (Å²) in [5.41, 5.74) is 4.83. The van der Waals surface area contributed by atoms with E-state index in [1.54, 1.807) is 0 Å². The number of H-pyrrole nitrogens is 1. The first-order chi connectivity index (χ1) is 8.70. The van der Waals surface area contributed by atoms with Crippen LogP contribution in [0.15, 0.2) is 35.1 Å². The van der Waals surface area contributed by atoms with Gasteiger partial charge < -0.3 is 0 Å². The van der Waals surface area contributed by atoms with Crippen LogP contribution in [0.25, 0.3) is 0 Å². The zero-order chi connectivity index (χ0) is 13.0. The van der Waals surface area contributed by atoms with E-state index in [1.807, 2.05) is 37.3 Å². The number of hydrogen-bond donors (Lipinski definition) is 3. The molecule has 0 radical (unpaired) electrons. The minimum atomic E-state index is -0.133. The molecule has 4 N–H and O–H groups in total. The van der Waals surface area contributed by atoms with Gasteiger partial charge in [0.2, 0.25) is 5.95 Å². The molecule has 0 spiro atoms. The number of aromatic nitrogens is 2. The number of nitrogens with two attached hydrogens (primary N) is 1. The smallest absolute Gasteiger partial charge is 0.255 e. The van der Waals surface area contributed by atoms with Gasteiger partial charge in [-0.25, -0.2) is 10.8 Å². The van der Waals surface area contributed by atoms with Crippen molar-refractivity contribution in [3.05, 3.63) is 57.5 Å². The van der Waals surface area contributed by atoms with Gasteiger partial charge in [0.05, 0.1) is 0 Å². The van der Waals surface area contributed by atoms with Crippen LogP contribution in [0.2, 0.25) is 0 Å². The number of anilines is 1. The molecule has 0 aliphatic rings. The standard InChI is InChI=1S/C13H16N4O/c1-9-11(12(18)16-13(15-9)17-14)8-7-10-5-3-2-4-6-10/h2-6H,7-8,14H2,1H3,(H2,15,16,17,18). The maximum absolute atomic E-state index is 11.8. The molecule has 2 aromatic rings. The highest BCUT2D eigenvalue weighted by atomic mass is 16.1. The zero-order valence-corrected chi connectivity index (χ0v) is 10.2. The number of hydrogen-bond acceptors (Lipinski definition) is 4. The zero-order valence-electron chi connectivity index (χ0n) is 10.2. The van der Waals surface area contributed by atoms with E-state index in [2.05, 4.69) is 15.4 Å². The fourth-order valence-electron chi connectivity index (χ4n) is 1.89. The van der Waals surface area contributed by atoms with Crippen molar-refractivity contribution in [1.29, 1.82) is 0 Å². The highest BCUT2D eigenvalue weighted by Gasteiger charge is 2.07. The van der Waals surface area contributed by atoms with E-state index in [0.717, 1.165) is 6.42 Å². The lowest BCUT2D eigenvalue weighted by Crippen LogP contribution is -2.22. The van der Waals surface area contributed by atoms with Gasteiger partial charge in [0.25, 0.3) is 5.56 Å². The normalized spacial score (nSPS) is 10.3. The molecule has 1 heterocycles. The Kier molecular flexibility index (Phi) is 3.74. The lowest BCUT2D eigenvalue weighted by molar-refractivity contribution is 0.889. The second-order valence-corrected chi connectivity index (χ2v) is 4.11. The fourth-order valence-corrected chi connectivity index (χ4v) is 1.89. The fraction of sp³-hybridized carbons (Fsp3) is 0.231. The van der Waals surface area contributed by atoms with Crippen LogP contribution in [-0.4, -0.2) is 9.97 Å². The lowest BCUT2D eigenvalue weighted by atomic mass is 10.0. The topological polar surface area (TPSA) is 83.8 Å². The van der Waals surface area contributed by atoms with E-state index in [4.69, 9.17) is 5.84 Å². The molecule has 5 heteroatoms. The van der Waals surface area contributed by atoms with Gasteiger partial charge in [-0.05, 0) is 25.3 Å². The first kappa shape index (κ1) is 12.3. The van der Waals surface area contributed by atoms with E-state index in [-0.39, 0.29) is 5.56 Å². The van der Waals surface area contributed by atoms with E-state index in [9.17, 15) is 4.79 Å². The molecule has 1 aromatic carbocycles. The Morgan fingerprint density at radius 2 is 2.00 bits per heavy atom. The molecule has 5 nitrogen and oxygen atoms in total. The molecule has 0 unspecified atom stereocenters. The summed E-state index contributed by atoms with van der Waals surface area (Å²) < 4.78 is 0. The second kappa shape index (κ2) is 5.46. The van der Waals surface area contributed by atoms with E-state index in [0.29, 0.717) is 23.6 Å². The van der Waals surface area contributed by atoms with Gasteiger partial charge >= 0.3 is 0 Å². The van der Waals surface area contributed by atoms with Crippen molar-refractivity contribution in [2.24, 2.45) is 5.84 Å². The molecule has 0 atom stereocenters. The van der Waals surface area contributed by atoms with Crippen molar-refractivity contribution in [1.82, 2.24) is 9.97 Å². The van der Waals surface area contributed by atoms with Crippen molar-refractivity contribution >= 4 is 5.95 Å². The number of nitrogen functional groups attached to an aromatic ring is 1. The predicted molar refractivity (Wildman–Crippen MR) is 71.3 cm³/mol. The molecule has 0 fully saturated rings. The molecule has 0 saturated carbocycles. The minimum Gasteiger partial charge on any atom is -0.294 e. The number of benzene rings is 1. The third-order valence-electron chi connectivity index (χ3n) is 2.87. The summed E-state index contributed by atoms with van der Waals surface area (Å²) in [5.74, 6) is 5.51. The molecule has 2 rings (SSSR count). The maximum atomic E-state index is 11.8. The predicted octanol–water partition coefficient (Wildman–Crippen LogP) is 1.15. The highest BCUT2D eigenvalue weighted by molar-refractivity contribution is 5.28. The first-order valence-electron chi connectivity index (χ1n) is 5.81. The molecule has 0 amide bonds. The number of nitrogens with zero attached hydrogens (tertiary/aromatic N) is 1. The van der Waals surface area contributed by atoms with Gasteiger partial charge in [0, 0.05) is 11.3 Å². The van der Waals surface area contributed by atoms with Crippen LogP contribution in [-0.2, 0) is 12.8 Å². The van der Waals surface area contributed by atoms with Crippen LogP contribution in [0.4, 0.5) is 5.95 Å².